The fourth-order valence-corrected chi connectivity index (χ4v) is 1.28. The van der Waals surface area contributed by atoms with Gasteiger partial charge in [-0.05, 0) is 0 Å². The summed E-state index contributed by atoms with van der Waals surface area (Å²) in [5, 5.41) is -1.04. The van der Waals surface area contributed by atoms with E-state index < -0.39 is 34.6 Å². The van der Waals surface area contributed by atoms with Gasteiger partial charge in [-0.1, -0.05) is 11.6 Å². The molecule has 1 heterocycles. The average molecular weight is 247 g/mol. The van der Waals surface area contributed by atoms with Crippen LogP contribution in [0.15, 0.2) is 6.20 Å². The molecular formula is C7H4ClF5N2. The quantitative estimate of drug-likeness (QED) is 0.610. The number of rotatable bonds is 1. The molecule has 0 fully saturated rings. The van der Waals surface area contributed by atoms with Crippen LogP contribution in [0.1, 0.15) is 17.6 Å². The number of nitrogens with zero attached hydrogens (tertiary/aromatic N) is 1. The van der Waals surface area contributed by atoms with Crippen LogP contribution in [0, 0.1) is 0 Å². The summed E-state index contributed by atoms with van der Waals surface area (Å²) in [6, 6.07) is 0. The van der Waals surface area contributed by atoms with Gasteiger partial charge >= 0.3 is 6.18 Å². The SMILES string of the molecule is Nc1cnc(Cl)c(C(F)(F)F)c1C(F)F. The first kappa shape index (κ1) is 12.0. The first-order valence-electron chi connectivity index (χ1n) is 3.54. The fourth-order valence-electron chi connectivity index (χ4n) is 1.02. The van der Waals surface area contributed by atoms with Crippen molar-refractivity contribution in [1.82, 2.24) is 4.98 Å². The number of hydrogen-bond donors (Lipinski definition) is 1. The Kier molecular flexibility index (Phi) is 3.03. The number of anilines is 1. The molecule has 0 aliphatic carbocycles. The van der Waals surface area contributed by atoms with Crippen molar-refractivity contribution < 1.29 is 22.0 Å². The van der Waals surface area contributed by atoms with E-state index in [-0.39, 0.29) is 0 Å². The fraction of sp³-hybridized carbons (Fsp3) is 0.286. The first-order chi connectivity index (χ1) is 6.75. The third-order valence-electron chi connectivity index (χ3n) is 1.61. The van der Waals surface area contributed by atoms with Gasteiger partial charge in [0.05, 0.1) is 17.4 Å². The predicted molar refractivity (Wildman–Crippen MR) is 43.6 cm³/mol. The molecule has 2 nitrogen and oxygen atoms in total. The highest BCUT2D eigenvalue weighted by Gasteiger charge is 2.40. The zero-order valence-electron chi connectivity index (χ0n) is 6.95. The summed E-state index contributed by atoms with van der Waals surface area (Å²) in [6.07, 6.45) is -7.70. The number of alkyl halides is 5. The van der Waals surface area contributed by atoms with Crippen LogP contribution in [-0.4, -0.2) is 4.98 Å². The topological polar surface area (TPSA) is 38.9 Å². The van der Waals surface area contributed by atoms with Crippen LogP contribution in [0.3, 0.4) is 0 Å². The lowest BCUT2D eigenvalue weighted by molar-refractivity contribution is -0.139. The molecule has 0 unspecified atom stereocenters. The molecule has 0 bridgehead atoms. The number of pyridine rings is 1. The molecule has 0 aliphatic rings. The Morgan fingerprint density at radius 1 is 1.33 bits per heavy atom. The van der Waals surface area contributed by atoms with Crippen LogP contribution in [0.5, 0.6) is 0 Å². The summed E-state index contributed by atoms with van der Waals surface area (Å²) in [5.41, 5.74) is 1.24. The highest BCUT2D eigenvalue weighted by molar-refractivity contribution is 6.30. The molecule has 1 rings (SSSR count). The summed E-state index contributed by atoms with van der Waals surface area (Å²) in [5.74, 6) is 0. The molecule has 0 saturated carbocycles. The largest absolute Gasteiger partial charge is 0.419 e. The van der Waals surface area contributed by atoms with Crippen LogP contribution in [0.2, 0.25) is 5.15 Å². The number of nitrogens with two attached hydrogens (primary N) is 1. The van der Waals surface area contributed by atoms with Gasteiger partial charge in [-0.15, -0.1) is 0 Å². The van der Waals surface area contributed by atoms with Gasteiger partial charge in [0.2, 0.25) is 0 Å². The lowest BCUT2D eigenvalue weighted by atomic mass is 10.1. The van der Waals surface area contributed by atoms with Gasteiger partial charge in [0.25, 0.3) is 6.43 Å². The van der Waals surface area contributed by atoms with Crippen LogP contribution >= 0.6 is 11.6 Å². The molecular weight excluding hydrogens is 243 g/mol. The molecule has 0 amide bonds. The Labute approximate surface area is 85.9 Å². The molecule has 2 N–H and O–H groups in total. The molecule has 0 aliphatic heterocycles. The molecule has 8 heteroatoms. The minimum absolute atomic E-state index is 0.666. The van der Waals surface area contributed by atoms with Crippen LogP contribution < -0.4 is 5.73 Å². The van der Waals surface area contributed by atoms with Crippen LogP contribution in [0.25, 0.3) is 0 Å². The normalized spacial score (nSPS) is 12.2. The van der Waals surface area contributed by atoms with Gasteiger partial charge in [-0.3, -0.25) is 0 Å². The number of aromatic nitrogens is 1. The van der Waals surface area contributed by atoms with E-state index in [0.29, 0.717) is 6.20 Å². The maximum absolute atomic E-state index is 12.3. The Morgan fingerprint density at radius 2 is 1.87 bits per heavy atom. The van der Waals surface area contributed by atoms with E-state index in [0.717, 1.165) is 0 Å². The Morgan fingerprint density at radius 3 is 2.20 bits per heavy atom. The number of halogens is 6. The van der Waals surface area contributed by atoms with Crippen LogP contribution in [0.4, 0.5) is 27.6 Å². The Hall–Kier alpha value is -1.11. The highest BCUT2D eigenvalue weighted by atomic mass is 35.5. The second-order valence-corrected chi connectivity index (χ2v) is 2.95. The van der Waals surface area contributed by atoms with Gasteiger partial charge in [0.15, 0.2) is 0 Å². The van der Waals surface area contributed by atoms with E-state index in [9.17, 15) is 22.0 Å². The number of hydrogen-bond acceptors (Lipinski definition) is 2. The highest BCUT2D eigenvalue weighted by Crippen LogP contribution is 2.41. The second-order valence-electron chi connectivity index (χ2n) is 2.59. The standard InChI is InChI=1S/C7H4ClF5N2/c8-5-4(7(11,12)13)3(6(9)10)2(14)1-15-5/h1,6H,14H2. The molecule has 0 radical (unpaired) electrons. The summed E-state index contributed by atoms with van der Waals surface area (Å²) in [7, 11) is 0. The predicted octanol–water partition coefficient (Wildman–Crippen LogP) is 3.27. The summed E-state index contributed by atoms with van der Waals surface area (Å²) >= 11 is 5.11. The van der Waals surface area contributed by atoms with Crippen LogP contribution in [-0.2, 0) is 6.18 Å². The average Bonchev–Trinajstić information content (AvgIpc) is 2.05. The smallest absolute Gasteiger partial charge is 0.397 e. The maximum atomic E-state index is 12.3. The third kappa shape index (κ3) is 2.28. The van der Waals surface area contributed by atoms with Gasteiger partial charge in [0.1, 0.15) is 10.7 Å². The zero-order chi connectivity index (χ0) is 11.8. The minimum Gasteiger partial charge on any atom is -0.397 e. The van der Waals surface area contributed by atoms with E-state index in [1.165, 1.54) is 0 Å². The molecule has 0 atom stereocenters. The lowest BCUT2D eigenvalue weighted by Gasteiger charge is -2.14. The third-order valence-corrected chi connectivity index (χ3v) is 1.89. The first-order valence-corrected chi connectivity index (χ1v) is 3.92. The van der Waals surface area contributed by atoms with E-state index in [1.807, 2.05) is 0 Å². The lowest BCUT2D eigenvalue weighted by Crippen LogP contribution is -2.13. The molecule has 0 spiro atoms. The monoisotopic (exact) mass is 246 g/mol. The van der Waals surface area contributed by atoms with E-state index in [2.05, 4.69) is 4.98 Å². The van der Waals surface area contributed by atoms with Gasteiger partial charge < -0.3 is 5.73 Å². The zero-order valence-corrected chi connectivity index (χ0v) is 7.70. The van der Waals surface area contributed by atoms with Gasteiger partial charge in [0, 0.05) is 0 Å². The molecule has 84 valence electrons. The molecule has 15 heavy (non-hydrogen) atoms. The Balaban J connectivity index is 3.53. The second kappa shape index (κ2) is 3.80. The summed E-state index contributed by atoms with van der Waals surface area (Å²) in [6.45, 7) is 0. The summed E-state index contributed by atoms with van der Waals surface area (Å²) in [4.78, 5) is 3.08. The molecule has 1 aromatic rings. The van der Waals surface area contributed by atoms with Crippen molar-refractivity contribution in [2.24, 2.45) is 0 Å². The Bertz CT molecular complexity index is 376. The van der Waals surface area contributed by atoms with Crippen molar-refractivity contribution in [1.29, 1.82) is 0 Å². The molecule has 0 saturated heterocycles. The van der Waals surface area contributed by atoms with Crippen molar-refractivity contribution in [2.45, 2.75) is 12.6 Å². The van der Waals surface area contributed by atoms with E-state index in [1.54, 1.807) is 0 Å². The van der Waals surface area contributed by atoms with Crippen molar-refractivity contribution in [3.05, 3.63) is 22.5 Å². The van der Waals surface area contributed by atoms with Crippen molar-refractivity contribution in [3.63, 3.8) is 0 Å². The molecule has 1 aromatic heterocycles. The van der Waals surface area contributed by atoms with Gasteiger partial charge in [-0.2, -0.15) is 13.2 Å². The number of nitrogen functional groups attached to an aromatic ring is 1. The molecule has 0 aromatic carbocycles. The minimum atomic E-state index is -5.01. The van der Waals surface area contributed by atoms with Crippen molar-refractivity contribution in [2.75, 3.05) is 5.73 Å². The van der Waals surface area contributed by atoms with E-state index in [4.69, 9.17) is 17.3 Å². The van der Waals surface area contributed by atoms with E-state index >= 15 is 0 Å². The van der Waals surface area contributed by atoms with Crippen molar-refractivity contribution >= 4 is 17.3 Å². The maximum Gasteiger partial charge on any atom is 0.419 e. The van der Waals surface area contributed by atoms with Gasteiger partial charge in [-0.25, -0.2) is 13.8 Å². The summed E-state index contributed by atoms with van der Waals surface area (Å²) < 4.78 is 61.7. The van der Waals surface area contributed by atoms with Crippen molar-refractivity contribution in [3.8, 4) is 0 Å².